The van der Waals surface area contributed by atoms with E-state index in [4.69, 9.17) is 10.4 Å². The van der Waals surface area contributed by atoms with Crippen LogP contribution in [-0.4, -0.2) is 23.8 Å². The van der Waals surface area contributed by atoms with Crippen LogP contribution in [0.15, 0.2) is 24.3 Å². The summed E-state index contributed by atoms with van der Waals surface area (Å²) in [6.45, 7) is 1.58. The fraction of sp³-hybridized carbons (Fsp3) is 0.273. The van der Waals surface area contributed by atoms with Crippen LogP contribution < -0.4 is 10.6 Å². The number of carbonyl (C=O) groups is 1. The molecular weight excluding hydrogens is 206 g/mol. The van der Waals surface area contributed by atoms with E-state index in [1.165, 1.54) is 0 Å². The average molecular weight is 219 g/mol. The van der Waals surface area contributed by atoms with Crippen molar-refractivity contribution >= 4 is 11.7 Å². The molecule has 1 unspecified atom stereocenters. The summed E-state index contributed by atoms with van der Waals surface area (Å²) < 4.78 is 0. The van der Waals surface area contributed by atoms with Gasteiger partial charge in [-0.1, -0.05) is 0 Å². The summed E-state index contributed by atoms with van der Waals surface area (Å²) in [6, 6.07) is 7.82. The summed E-state index contributed by atoms with van der Waals surface area (Å²) in [5.41, 5.74) is 1.14. The summed E-state index contributed by atoms with van der Waals surface area (Å²) >= 11 is 0. The highest BCUT2D eigenvalue weighted by Crippen LogP contribution is 2.08. The Labute approximate surface area is 93.7 Å². The normalized spacial score (nSPS) is 11.3. The van der Waals surface area contributed by atoms with E-state index in [1.54, 1.807) is 31.2 Å². The van der Waals surface area contributed by atoms with Gasteiger partial charge in [-0.05, 0) is 31.2 Å². The molecule has 16 heavy (non-hydrogen) atoms. The van der Waals surface area contributed by atoms with E-state index in [0.29, 0.717) is 11.3 Å². The molecule has 0 fully saturated rings. The molecule has 1 rings (SSSR count). The van der Waals surface area contributed by atoms with Crippen LogP contribution in [0.2, 0.25) is 0 Å². The third-order valence-electron chi connectivity index (χ3n) is 1.92. The van der Waals surface area contributed by atoms with E-state index in [0.717, 1.165) is 0 Å². The predicted octanol–water partition coefficient (Wildman–Crippen LogP) is 1.06. The zero-order valence-electron chi connectivity index (χ0n) is 8.90. The van der Waals surface area contributed by atoms with Crippen molar-refractivity contribution in [1.82, 2.24) is 5.32 Å². The molecule has 3 N–H and O–H groups in total. The van der Waals surface area contributed by atoms with Gasteiger partial charge in [0.25, 0.3) is 0 Å². The minimum atomic E-state index is -0.383. The highest BCUT2D eigenvalue weighted by Gasteiger charge is 2.05. The zero-order valence-corrected chi connectivity index (χ0v) is 8.90. The van der Waals surface area contributed by atoms with Crippen molar-refractivity contribution in [2.24, 2.45) is 0 Å². The molecule has 0 aliphatic heterocycles. The lowest BCUT2D eigenvalue weighted by atomic mass is 10.2. The van der Waals surface area contributed by atoms with Crippen LogP contribution >= 0.6 is 0 Å². The number of hydrogen-bond acceptors (Lipinski definition) is 3. The molecule has 0 bridgehead atoms. The first kappa shape index (κ1) is 12.0. The molecule has 2 amide bonds. The molecule has 0 saturated heterocycles. The number of anilines is 1. The molecule has 1 atom stereocenters. The van der Waals surface area contributed by atoms with Crippen LogP contribution in [-0.2, 0) is 0 Å². The summed E-state index contributed by atoms with van der Waals surface area (Å²) in [5, 5.41) is 22.5. The lowest BCUT2D eigenvalue weighted by Gasteiger charge is -2.11. The van der Waals surface area contributed by atoms with Crippen LogP contribution in [0, 0.1) is 11.3 Å². The van der Waals surface area contributed by atoms with Gasteiger partial charge in [0.2, 0.25) is 0 Å². The Morgan fingerprint density at radius 3 is 2.62 bits per heavy atom. The number of amides is 2. The summed E-state index contributed by atoms with van der Waals surface area (Å²) in [7, 11) is 0. The second-order valence-corrected chi connectivity index (χ2v) is 3.37. The second kappa shape index (κ2) is 5.73. The number of carbonyl (C=O) groups excluding carboxylic acids is 1. The molecule has 0 heterocycles. The van der Waals surface area contributed by atoms with Gasteiger partial charge in [-0.15, -0.1) is 0 Å². The quantitative estimate of drug-likeness (QED) is 0.710. The third kappa shape index (κ3) is 3.59. The molecule has 1 aromatic carbocycles. The largest absolute Gasteiger partial charge is 0.394 e. The van der Waals surface area contributed by atoms with Gasteiger partial charge in [-0.25, -0.2) is 4.79 Å². The van der Waals surface area contributed by atoms with Gasteiger partial charge in [-0.2, -0.15) is 5.26 Å². The van der Waals surface area contributed by atoms with Gasteiger partial charge in [0.15, 0.2) is 0 Å². The fourth-order valence-electron chi connectivity index (χ4n) is 1.06. The van der Waals surface area contributed by atoms with Crippen molar-refractivity contribution in [3.05, 3.63) is 29.8 Å². The van der Waals surface area contributed by atoms with Crippen molar-refractivity contribution in [2.45, 2.75) is 13.0 Å². The highest BCUT2D eigenvalue weighted by molar-refractivity contribution is 5.89. The van der Waals surface area contributed by atoms with Gasteiger partial charge in [-0.3, -0.25) is 0 Å². The molecule has 0 radical (unpaired) electrons. The Morgan fingerprint density at radius 2 is 2.12 bits per heavy atom. The SMILES string of the molecule is CC(CO)NC(=O)Nc1ccc(C#N)cc1. The average Bonchev–Trinajstić information content (AvgIpc) is 2.29. The summed E-state index contributed by atoms with van der Waals surface area (Å²) in [4.78, 5) is 11.3. The van der Waals surface area contributed by atoms with Crippen molar-refractivity contribution < 1.29 is 9.90 Å². The standard InChI is InChI=1S/C11H13N3O2/c1-8(7-15)13-11(16)14-10-4-2-9(6-12)3-5-10/h2-5,8,15H,7H2,1H3,(H2,13,14,16). The van der Waals surface area contributed by atoms with E-state index in [9.17, 15) is 4.79 Å². The summed E-state index contributed by atoms with van der Waals surface area (Å²) in [6.07, 6.45) is 0. The number of aliphatic hydroxyl groups is 1. The second-order valence-electron chi connectivity index (χ2n) is 3.37. The molecule has 0 spiro atoms. The Hall–Kier alpha value is -2.06. The number of rotatable bonds is 3. The van der Waals surface area contributed by atoms with Crippen molar-refractivity contribution in [1.29, 1.82) is 5.26 Å². The van der Waals surface area contributed by atoms with Gasteiger partial charge in [0.05, 0.1) is 24.3 Å². The fourth-order valence-corrected chi connectivity index (χ4v) is 1.06. The maximum Gasteiger partial charge on any atom is 0.319 e. The van der Waals surface area contributed by atoms with Gasteiger partial charge >= 0.3 is 6.03 Å². The molecule has 1 aromatic rings. The third-order valence-corrected chi connectivity index (χ3v) is 1.92. The van der Waals surface area contributed by atoms with E-state index in [1.807, 2.05) is 6.07 Å². The number of hydrogen-bond donors (Lipinski definition) is 3. The number of aliphatic hydroxyl groups excluding tert-OH is 1. The maximum absolute atomic E-state index is 11.3. The van der Waals surface area contributed by atoms with Crippen molar-refractivity contribution in [2.75, 3.05) is 11.9 Å². The van der Waals surface area contributed by atoms with Crippen LogP contribution in [0.25, 0.3) is 0 Å². The first-order chi connectivity index (χ1) is 7.65. The zero-order chi connectivity index (χ0) is 12.0. The smallest absolute Gasteiger partial charge is 0.319 e. The first-order valence-corrected chi connectivity index (χ1v) is 4.84. The topological polar surface area (TPSA) is 85.2 Å². The van der Waals surface area contributed by atoms with E-state index >= 15 is 0 Å². The Bertz CT molecular complexity index is 395. The number of nitrogens with zero attached hydrogens (tertiary/aromatic N) is 1. The molecule has 0 saturated carbocycles. The molecule has 0 aliphatic carbocycles. The molecule has 84 valence electrons. The molecular formula is C11H13N3O2. The molecule has 5 nitrogen and oxygen atoms in total. The minimum Gasteiger partial charge on any atom is -0.394 e. The minimum absolute atomic E-state index is 0.110. The Balaban J connectivity index is 2.53. The number of benzene rings is 1. The highest BCUT2D eigenvalue weighted by atomic mass is 16.3. The van der Waals surface area contributed by atoms with Crippen LogP contribution in [0.3, 0.4) is 0 Å². The molecule has 0 aromatic heterocycles. The maximum atomic E-state index is 11.3. The number of urea groups is 1. The van der Waals surface area contributed by atoms with Gasteiger partial charge < -0.3 is 15.7 Å². The molecule has 5 heteroatoms. The van der Waals surface area contributed by atoms with Crippen LogP contribution in [0.5, 0.6) is 0 Å². The summed E-state index contributed by atoms with van der Waals surface area (Å²) in [5.74, 6) is 0. The first-order valence-electron chi connectivity index (χ1n) is 4.84. The van der Waals surface area contributed by atoms with Gasteiger partial charge in [0.1, 0.15) is 0 Å². The van der Waals surface area contributed by atoms with E-state index < -0.39 is 0 Å². The van der Waals surface area contributed by atoms with Crippen molar-refractivity contribution in [3.63, 3.8) is 0 Å². The lowest BCUT2D eigenvalue weighted by molar-refractivity contribution is 0.229. The number of nitriles is 1. The predicted molar refractivity (Wildman–Crippen MR) is 59.9 cm³/mol. The molecule has 0 aliphatic rings. The van der Waals surface area contributed by atoms with E-state index in [2.05, 4.69) is 10.6 Å². The Kier molecular flexibility index (Phi) is 4.30. The van der Waals surface area contributed by atoms with Crippen LogP contribution in [0.4, 0.5) is 10.5 Å². The van der Waals surface area contributed by atoms with Crippen LogP contribution in [0.1, 0.15) is 12.5 Å². The number of nitrogens with one attached hydrogen (secondary N) is 2. The monoisotopic (exact) mass is 219 g/mol. The van der Waals surface area contributed by atoms with Gasteiger partial charge in [0, 0.05) is 5.69 Å². The van der Waals surface area contributed by atoms with Crippen molar-refractivity contribution in [3.8, 4) is 6.07 Å². The lowest BCUT2D eigenvalue weighted by Crippen LogP contribution is -2.38. The van der Waals surface area contributed by atoms with E-state index in [-0.39, 0.29) is 18.7 Å². The Morgan fingerprint density at radius 1 is 1.50 bits per heavy atom.